The van der Waals surface area contributed by atoms with Gasteiger partial charge in [-0.05, 0) is 58.1 Å². The third-order valence-electron chi connectivity index (χ3n) is 3.43. The molecule has 0 heterocycles. The van der Waals surface area contributed by atoms with Crippen molar-refractivity contribution in [3.8, 4) is 0 Å². The lowest BCUT2D eigenvalue weighted by Gasteiger charge is -2.25. The molecule has 0 amide bonds. The van der Waals surface area contributed by atoms with E-state index in [0.29, 0.717) is 23.5 Å². The molecule has 0 radical (unpaired) electrons. The van der Waals surface area contributed by atoms with Crippen LogP contribution in [-0.4, -0.2) is 56.3 Å². The van der Waals surface area contributed by atoms with Crippen molar-refractivity contribution in [3.63, 3.8) is 0 Å². The summed E-state index contributed by atoms with van der Waals surface area (Å²) in [5.74, 6) is -4.01. The monoisotopic (exact) mass is 466 g/mol. The van der Waals surface area contributed by atoms with Crippen LogP contribution in [-0.2, 0) is 28.6 Å². The molecule has 0 bridgehead atoms. The summed E-state index contributed by atoms with van der Waals surface area (Å²) in [6.45, 7) is 10.8. The Labute approximate surface area is 184 Å². The minimum absolute atomic E-state index is 0.217. The topological polar surface area (TPSA) is 133 Å². The summed E-state index contributed by atoms with van der Waals surface area (Å²) in [7, 11) is 0. The molecule has 0 fully saturated rings. The number of Topliss-reactive ketones (excluding diaryl/α,β-unsaturated/α-hetero) is 1. The molecule has 11 heteroatoms. The zero-order chi connectivity index (χ0) is 23.7. The number of aliphatic carboxylic acids is 1. The lowest BCUT2D eigenvalue weighted by Crippen LogP contribution is -2.34. The predicted octanol–water partition coefficient (Wildman–Crippen LogP) is 4.12. The number of hydrogen-bond acceptors (Lipinski definition) is 10. The Morgan fingerprint density at radius 1 is 0.933 bits per heavy atom. The highest BCUT2D eigenvalue weighted by molar-refractivity contribution is 8.15. The van der Waals surface area contributed by atoms with Crippen LogP contribution >= 0.6 is 23.5 Å². The number of carboxylic acid groups (broad SMARTS) is 1. The summed E-state index contributed by atoms with van der Waals surface area (Å²) in [6, 6.07) is 0. The summed E-state index contributed by atoms with van der Waals surface area (Å²) >= 11 is 1.24. The smallest absolute Gasteiger partial charge is 0.370 e. The van der Waals surface area contributed by atoms with Crippen LogP contribution in [0.2, 0.25) is 0 Å². The number of esters is 1. The number of rotatable bonds is 10. The number of ketones is 1. The van der Waals surface area contributed by atoms with Crippen LogP contribution in [0.15, 0.2) is 0 Å². The number of hydrogen-bond donors (Lipinski definition) is 1. The van der Waals surface area contributed by atoms with Gasteiger partial charge in [0.25, 0.3) is 0 Å². The fourth-order valence-electron chi connectivity index (χ4n) is 1.74. The zero-order valence-electron chi connectivity index (χ0n) is 18.3. The van der Waals surface area contributed by atoms with Gasteiger partial charge in [-0.3, -0.25) is 14.4 Å². The van der Waals surface area contributed by atoms with Crippen molar-refractivity contribution >= 4 is 51.8 Å². The van der Waals surface area contributed by atoms with Gasteiger partial charge in [0.1, 0.15) is 11.4 Å². The molecule has 0 aromatic rings. The van der Waals surface area contributed by atoms with Crippen molar-refractivity contribution in [1.29, 1.82) is 0 Å². The molecular weight excluding hydrogens is 436 g/mol. The van der Waals surface area contributed by atoms with E-state index in [1.165, 1.54) is 13.8 Å². The fraction of sp³-hybridized carbons (Fsp3) is 0.737. The van der Waals surface area contributed by atoms with E-state index in [1.807, 2.05) is 0 Å². The third kappa shape index (κ3) is 12.1. The summed E-state index contributed by atoms with van der Waals surface area (Å²) in [5, 5.41) is 7.90. The Morgan fingerprint density at radius 3 is 1.97 bits per heavy atom. The van der Waals surface area contributed by atoms with Gasteiger partial charge in [-0.25, -0.2) is 9.59 Å². The van der Waals surface area contributed by atoms with Crippen LogP contribution in [0.1, 0.15) is 54.9 Å². The minimum Gasteiger partial charge on any atom is -0.481 e. The summed E-state index contributed by atoms with van der Waals surface area (Å²) in [4.78, 5) is 59.0. The van der Waals surface area contributed by atoms with Crippen LogP contribution in [0, 0.1) is 11.8 Å². The summed E-state index contributed by atoms with van der Waals surface area (Å²) < 4.78 is 13.4. The van der Waals surface area contributed by atoms with E-state index < -0.39 is 51.4 Å². The normalized spacial score (nSPS) is 12.8. The number of carboxylic acids is 1. The molecule has 0 unspecified atom stereocenters. The first-order valence-electron chi connectivity index (χ1n) is 9.19. The molecule has 0 aromatic heterocycles. The van der Waals surface area contributed by atoms with Gasteiger partial charge in [0.15, 0.2) is 0 Å². The fourth-order valence-corrected chi connectivity index (χ4v) is 3.37. The first-order chi connectivity index (χ1) is 13.5. The second-order valence-electron chi connectivity index (χ2n) is 8.18. The maximum Gasteiger partial charge on any atom is 0.370 e. The molecule has 0 saturated heterocycles. The van der Waals surface area contributed by atoms with E-state index in [9.17, 15) is 29.1 Å². The number of carbonyl (C=O) groups is 5. The Morgan fingerprint density at radius 2 is 1.50 bits per heavy atom. The third-order valence-corrected chi connectivity index (χ3v) is 5.34. The van der Waals surface area contributed by atoms with Crippen LogP contribution in [0.3, 0.4) is 0 Å². The Bertz CT molecular complexity index is 651. The molecule has 1 atom stereocenters. The predicted molar refractivity (Wildman–Crippen MR) is 113 cm³/mol. The van der Waals surface area contributed by atoms with E-state index in [-0.39, 0.29) is 18.1 Å². The Hall–Kier alpha value is -1.75. The first kappa shape index (κ1) is 28.2. The molecule has 9 nitrogen and oxygen atoms in total. The molecule has 0 saturated carbocycles. The summed E-state index contributed by atoms with van der Waals surface area (Å²) in [5.41, 5.74) is -0.715. The first-order valence-corrected chi connectivity index (χ1v) is 11.0. The standard InChI is InChI=1S/C19H30O9S2/c1-11(2)15(23)26-10-27-16(24)29-9-12(14(21)22)8-13(20)19(6,7)30-17(25)28-18(3,4)5/h11-12H,8-10H2,1-7H3,(H,21,22)/t12-/m0/s1. The van der Waals surface area contributed by atoms with E-state index in [0.717, 1.165) is 0 Å². The van der Waals surface area contributed by atoms with Crippen molar-refractivity contribution in [1.82, 2.24) is 0 Å². The average Bonchev–Trinajstić information content (AvgIpc) is 2.55. The summed E-state index contributed by atoms with van der Waals surface area (Å²) in [6.07, 6.45) is -0.374. The van der Waals surface area contributed by atoms with Gasteiger partial charge in [0.2, 0.25) is 6.79 Å². The van der Waals surface area contributed by atoms with Crippen molar-refractivity contribution in [2.75, 3.05) is 12.5 Å². The van der Waals surface area contributed by atoms with E-state index in [2.05, 4.69) is 0 Å². The molecule has 1 N–H and O–H groups in total. The molecule has 0 aliphatic heterocycles. The number of thioether (sulfide) groups is 2. The largest absolute Gasteiger partial charge is 0.481 e. The Balaban J connectivity index is 4.68. The quantitative estimate of drug-likeness (QED) is 0.368. The average molecular weight is 467 g/mol. The van der Waals surface area contributed by atoms with Crippen molar-refractivity contribution in [2.45, 2.75) is 65.2 Å². The van der Waals surface area contributed by atoms with E-state index in [1.54, 1.807) is 34.6 Å². The second kappa shape index (κ2) is 12.2. The van der Waals surface area contributed by atoms with Crippen LogP contribution in [0.25, 0.3) is 0 Å². The number of carbonyl (C=O) groups excluding carboxylic acids is 4. The maximum atomic E-state index is 12.6. The minimum atomic E-state index is -1.26. The Kier molecular flexibility index (Phi) is 11.5. The highest BCUT2D eigenvalue weighted by atomic mass is 32.2. The lowest BCUT2D eigenvalue weighted by atomic mass is 9.97. The van der Waals surface area contributed by atoms with Gasteiger partial charge in [0, 0.05) is 12.2 Å². The number of ether oxygens (including phenoxy) is 3. The maximum absolute atomic E-state index is 12.6. The van der Waals surface area contributed by atoms with Crippen LogP contribution < -0.4 is 0 Å². The molecule has 30 heavy (non-hydrogen) atoms. The molecule has 0 aliphatic rings. The van der Waals surface area contributed by atoms with Gasteiger partial charge >= 0.3 is 22.5 Å². The van der Waals surface area contributed by atoms with Crippen molar-refractivity contribution in [3.05, 3.63) is 0 Å². The SMILES string of the molecule is CC(C)C(=O)OCOC(=O)SC[C@H](CC(=O)C(C)(C)SC(=O)OC(C)(C)C)C(=O)O. The molecule has 0 spiro atoms. The zero-order valence-corrected chi connectivity index (χ0v) is 19.9. The van der Waals surface area contributed by atoms with Gasteiger partial charge < -0.3 is 19.3 Å². The van der Waals surface area contributed by atoms with E-state index in [4.69, 9.17) is 14.2 Å². The molecule has 172 valence electrons. The van der Waals surface area contributed by atoms with Crippen LogP contribution in [0.4, 0.5) is 9.59 Å². The van der Waals surface area contributed by atoms with E-state index >= 15 is 0 Å². The highest BCUT2D eigenvalue weighted by Gasteiger charge is 2.36. The van der Waals surface area contributed by atoms with Crippen molar-refractivity contribution in [2.24, 2.45) is 11.8 Å². The lowest BCUT2D eigenvalue weighted by molar-refractivity contribution is -0.155. The molecule has 0 aromatic carbocycles. The van der Waals surface area contributed by atoms with Crippen molar-refractivity contribution < 1.29 is 43.3 Å². The van der Waals surface area contributed by atoms with Crippen LogP contribution in [0.5, 0.6) is 0 Å². The van der Waals surface area contributed by atoms with Gasteiger partial charge in [-0.1, -0.05) is 13.8 Å². The molecule has 0 rings (SSSR count). The highest BCUT2D eigenvalue weighted by Crippen LogP contribution is 2.31. The van der Waals surface area contributed by atoms with Gasteiger partial charge in [0.05, 0.1) is 16.6 Å². The molecule has 0 aliphatic carbocycles. The van der Waals surface area contributed by atoms with Gasteiger partial charge in [-0.2, -0.15) is 0 Å². The molecular formula is C19H30O9S2. The van der Waals surface area contributed by atoms with Gasteiger partial charge in [-0.15, -0.1) is 0 Å². The second-order valence-corrected chi connectivity index (χ2v) is 10.7.